The van der Waals surface area contributed by atoms with Crippen molar-refractivity contribution in [1.82, 2.24) is 14.9 Å². The first-order chi connectivity index (χ1) is 11.5. The van der Waals surface area contributed by atoms with Crippen LogP contribution < -0.4 is 5.32 Å². The van der Waals surface area contributed by atoms with Crippen LogP contribution in [0.5, 0.6) is 0 Å². The zero-order valence-electron chi connectivity index (χ0n) is 14.0. The molecule has 1 aliphatic rings. The Balaban J connectivity index is 1.60. The Morgan fingerprint density at radius 3 is 2.38 bits per heavy atom. The third-order valence-electron chi connectivity index (χ3n) is 4.25. The Hall–Kier alpha value is -2.76. The van der Waals surface area contributed by atoms with E-state index in [1.807, 2.05) is 32.9 Å². The fourth-order valence-electron chi connectivity index (χ4n) is 2.98. The average Bonchev–Trinajstić information content (AvgIpc) is 2.50. The van der Waals surface area contributed by atoms with Gasteiger partial charge in [-0.15, -0.1) is 0 Å². The topological polar surface area (TPSA) is 75.2 Å². The number of aromatic nitrogens is 2. The van der Waals surface area contributed by atoms with E-state index in [2.05, 4.69) is 15.3 Å². The first-order valence-electron chi connectivity index (χ1n) is 7.89. The number of carbonyl (C=O) groups excluding carboxylic acids is 2. The van der Waals surface area contributed by atoms with E-state index in [4.69, 9.17) is 0 Å². The number of benzene rings is 1. The molecule has 1 aromatic heterocycles. The van der Waals surface area contributed by atoms with E-state index in [0.717, 1.165) is 16.8 Å². The highest BCUT2D eigenvalue weighted by molar-refractivity contribution is 5.98. The van der Waals surface area contributed by atoms with Crippen molar-refractivity contribution < 1.29 is 9.59 Å². The molecule has 0 atom stereocenters. The van der Waals surface area contributed by atoms with E-state index in [1.54, 1.807) is 4.90 Å². The van der Waals surface area contributed by atoms with Crippen LogP contribution in [0.1, 0.15) is 27.2 Å². The van der Waals surface area contributed by atoms with Crippen LogP contribution in [0.25, 0.3) is 0 Å². The summed E-state index contributed by atoms with van der Waals surface area (Å²) in [4.78, 5) is 34.1. The molecule has 1 N–H and O–H groups in total. The van der Waals surface area contributed by atoms with Gasteiger partial charge in [-0.2, -0.15) is 0 Å². The third kappa shape index (κ3) is 3.13. The molecule has 0 bridgehead atoms. The molecule has 1 aromatic carbocycles. The SMILES string of the molecule is Cc1cc(C)c(NC(=O)C2CN(C(=O)c3cnccn3)C2)c(C)c1. The standard InChI is InChI=1S/C18H20N4O2/c1-11-6-12(2)16(13(3)7-11)21-17(23)14-9-22(10-14)18(24)15-8-19-4-5-20-15/h4-8,14H,9-10H2,1-3H3,(H,21,23). The summed E-state index contributed by atoms with van der Waals surface area (Å²) < 4.78 is 0. The van der Waals surface area contributed by atoms with Gasteiger partial charge in [0.05, 0.1) is 12.1 Å². The second-order valence-corrected chi connectivity index (χ2v) is 6.26. The summed E-state index contributed by atoms with van der Waals surface area (Å²) in [5.74, 6) is -0.422. The molecule has 0 aliphatic carbocycles. The van der Waals surface area contributed by atoms with E-state index >= 15 is 0 Å². The van der Waals surface area contributed by atoms with E-state index in [1.165, 1.54) is 24.2 Å². The Morgan fingerprint density at radius 2 is 1.79 bits per heavy atom. The van der Waals surface area contributed by atoms with Gasteiger partial charge in [0.15, 0.2) is 0 Å². The predicted molar refractivity (Wildman–Crippen MR) is 90.7 cm³/mol. The van der Waals surface area contributed by atoms with Crippen molar-refractivity contribution in [3.8, 4) is 0 Å². The molecule has 1 aliphatic heterocycles. The molecule has 124 valence electrons. The molecule has 0 saturated carbocycles. The van der Waals surface area contributed by atoms with Crippen molar-refractivity contribution in [2.75, 3.05) is 18.4 Å². The Morgan fingerprint density at radius 1 is 1.12 bits per heavy atom. The minimum atomic E-state index is -0.189. The Labute approximate surface area is 140 Å². The van der Waals surface area contributed by atoms with Crippen LogP contribution in [0.15, 0.2) is 30.7 Å². The largest absolute Gasteiger partial charge is 0.336 e. The van der Waals surface area contributed by atoms with Crippen LogP contribution in [0.4, 0.5) is 5.69 Å². The number of nitrogens with zero attached hydrogens (tertiary/aromatic N) is 3. The van der Waals surface area contributed by atoms with Crippen LogP contribution in [0, 0.1) is 26.7 Å². The fraction of sp³-hybridized carbons (Fsp3) is 0.333. The van der Waals surface area contributed by atoms with Gasteiger partial charge in [-0.3, -0.25) is 14.6 Å². The monoisotopic (exact) mass is 324 g/mol. The maximum Gasteiger partial charge on any atom is 0.274 e. The van der Waals surface area contributed by atoms with Crippen LogP contribution in [0.3, 0.4) is 0 Å². The summed E-state index contributed by atoms with van der Waals surface area (Å²) in [5.41, 5.74) is 4.44. The maximum atomic E-state index is 12.4. The quantitative estimate of drug-likeness (QED) is 0.938. The van der Waals surface area contributed by atoms with Crippen LogP contribution in [-0.2, 0) is 4.79 Å². The molecule has 0 unspecified atom stereocenters. The van der Waals surface area contributed by atoms with Gasteiger partial charge in [0.1, 0.15) is 5.69 Å². The number of carbonyl (C=O) groups is 2. The number of aryl methyl sites for hydroxylation is 3. The smallest absolute Gasteiger partial charge is 0.274 e. The number of amides is 2. The molecule has 2 aromatic rings. The molecule has 6 nitrogen and oxygen atoms in total. The summed E-state index contributed by atoms with van der Waals surface area (Å²) in [5, 5.41) is 3.00. The van der Waals surface area contributed by atoms with E-state index < -0.39 is 0 Å². The molecule has 2 amide bonds. The normalized spacial score (nSPS) is 14.2. The van der Waals surface area contributed by atoms with Crippen molar-refractivity contribution in [2.24, 2.45) is 5.92 Å². The van der Waals surface area contributed by atoms with E-state index in [-0.39, 0.29) is 17.7 Å². The van der Waals surface area contributed by atoms with E-state index in [0.29, 0.717) is 18.8 Å². The van der Waals surface area contributed by atoms with Gasteiger partial charge in [0.25, 0.3) is 5.91 Å². The molecule has 0 spiro atoms. The number of anilines is 1. The van der Waals surface area contributed by atoms with E-state index in [9.17, 15) is 9.59 Å². The minimum absolute atomic E-state index is 0.0479. The van der Waals surface area contributed by atoms with Crippen LogP contribution >= 0.6 is 0 Å². The molecule has 1 fully saturated rings. The second-order valence-electron chi connectivity index (χ2n) is 6.26. The van der Waals surface area contributed by atoms with Crippen molar-refractivity contribution in [2.45, 2.75) is 20.8 Å². The predicted octanol–water partition coefficient (Wildman–Crippen LogP) is 2.11. The molecular weight excluding hydrogens is 304 g/mol. The lowest BCUT2D eigenvalue weighted by atomic mass is 9.97. The fourth-order valence-corrected chi connectivity index (χ4v) is 2.98. The molecule has 1 saturated heterocycles. The number of hydrogen-bond acceptors (Lipinski definition) is 4. The highest BCUT2D eigenvalue weighted by Gasteiger charge is 2.36. The zero-order valence-corrected chi connectivity index (χ0v) is 14.0. The Bertz CT molecular complexity index is 760. The number of hydrogen-bond donors (Lipinski definition) is 1. The van der Waals surface area contributed by atoms with Crippen LogP contribution in [0.2, 0.25) is 0 Å². The van der Waals surface area contributed by atoms with Crippen molar-refractivity contribution >= 4 is 17.5 Å². The lowest BCUT2D eigenvalue weighted by Crippen LogP contribution is -2.54. The Kier molecular flexibility index (Phi) is 4.29. The van der Waals surface area contributed by atoms with Crippen molar-refractivity contribution in [3.63, 3.8) is 0 Å². The van der Waals surface area contributed by atoms with Gasteiger partial charge in [-0.25, -0.2) is 4.98 Å². The maximum absolute atomic E-state index is 12.4. The summed E-state index contributed by atoms with van der Waals surface area (Å²) >= 11 is 0. The summed E-state index contributed by atoms with van der Waals surface area (Å²) in [6.07, 6.45) is 4.45. The molecule has 3 rings (SSSR count). The van der Waals surface area contributed by atoms with Gasteiger partial charge < -0.3 is 10.2 Å². The van der Waals surface area contributed by atoms with Crippen molar-refractivity contribution in [1.29, 1.82) is 0 Å². The highest BCUT2D eigenvalue weighted by Crippen LogP contribution is 2.25. The minimum Gasteiger partial charge on any atom is -0.336 e. The second kappa shape index (κ2) is 6.39. The lowest BCUT2D eigenvalue weighted by molar-refractivity contribution is -0.123. The number of likely N-dealkylation sites (tertiary alicyclic amines) is 1. The first kappa shape index (κ1) is 16.1. The number of rotatable bonds is 3. The van der Waals surface area contributed by atoms with Gasteiger partial charge in [0, 0.05) is 31.2 Å². The van der Waals surface area contributed by atoms with Gasteiger partial charge in [-0.05, 0) is 31.9 Å². The molecule has 6 heteroatoms. The number of nitrogens with one attached hydrogen (secondary N) is 1. The molecule has 2 heterocycles. The first-order valence-corrected chi connectivity index (χ1v) is 7.89. The summed E-state index contributed by atoms with van der Waals surface area (Å²) in [6, 6.07) is 4.10. The average molecular weight is 324 g/mol. The van der Waals surface area contributed by atoms with Gasteiger partial charge in [-0.1, -0.05) is 17.7 Å². The molecular formula is C18H20N4O2. The van der Waals surface area contributed by atoms with Crippen LogP contribution in [-0.4, -0.2) is 39.8 Å². The third-order valence-corrected chi connectivity index (χ3v) is 4.25. The highest BCUT2D eigenvalue weighted by atomic mass is 16.2. The zero-order chi connectivity index (χ0) is 17.3. The van der Waals surface area contributed by atoms with Gasteiger partial charge >= 0.3 is 0 Å². The van der Waals surface area contributed by atoms with Crippen molar-refractivity contribution in [3.05, 3.63) is 53.1 Å². The summed E-state index contributed by atoms with van der Waals surface area (Å²) in [6.45, 7) is 6.82. The molecule has 0 radical (unpaired) electrons. The lowest BCUT2D eigenvalue weighted by Gasteiger charge is -2.38. The van der Waals surface area contributed by atoms with Gasteiger partial charge in [0.2, 0.25) is 5.91 Å². The molecule has 24 heavy (non-hydrogen) atoms. The summed E-state index contributed by atoms with van der Waals surface area (Å²) in [7, 11) is 0.